The number of halogens is 2. The third-order valence-electron chi connectivity index (χ3n) is 6.71. The lowest BCUT2D eigenvalue weighted by Gasteiger charge is -2.24. The number of rotatable bonds is 8. The van der Waals surface area contributed by atoms with E-state index in [1.807, 2.05) is 13.8 Å². The zero-order valence-electron chi connectivity index (χ0n) is 21.3. The maximum Gasteiger partial charge on any atom is 0.309 e. The van der Waals surface area contributed by atoms with E-state index in [1.54, 1.807) is 24.3 Å². The Hall–Kier alpha value is -3.83. The Morgan fingerprint density at radius 3 is 2.49 bits per heavy atom. The van der Waals surface area contributed by atoms with Gasteiger partial charge in [0.05, 0.1) is 40.7 Å². The van der Waals surface area contributed by atoms with Crippen molar-refractivity contribution < 1.29 is 31.8 Å². The van der Waals surface area contributed by atoms with Gasteiger partial charge in [0.2, 0.25) is 10.0 Å². The van der Waals surface area contributed by atoms with Crippen LogP contribution in [0.5, 0.6) is 5.75 Å². The Morgan fingerprint density at radius 1 is 1.10 bits per heavy atom. The van der Waals surface area contributed by atoms with Crippen molar-refractivity contribution >= 4 is 26.9 Å². The summed E-state index contributed by atoms with van der Waals surface area (Å²) in [5.41, 5.74) is 0.789. The van der Waals surface area contributed by atoms with Gasteiger partial charge in [0.25, 0.3) is 0 Å². The number of aromatic nitrogens is 2. The second-order valence-electron chi connectivity index (χ2n) is 9.76. The van der Waals surface area contributed by atoms with Crippen LogP contribution in [0, 0.1) is 11.6 Å². The van der Waals surface area contributed by atoms with Gasteiger partial charge in [-0.2, -0.15) is 9.40 Å². The molecule has 1 saturated heterocycles. The number of hydrogen-bond donors (Lipinski definition) is 1. The van der Waals surface area contributed by atoms with E-state index in [1.165, 1.54) is 51.5 Å². The third kappa shape index (κ3) is 5.24. The summed E-state index contributed by atoms with van der Waals surface area (Å²) in [5.74, 6) is -1.67. The van der Waals surface area contributed by atoms with Crippen LogP contribution in [0.15, 0.2) is 71.6 Å². The lowest BCUT2D eigenvalue weighted by molar-refractivity contribution is -0.136. The maximum absolute atomic E-state index is 15.0. The van der Waals surface area contributed by atoms with E-state index in [-0.39, 0.29) is 41.6 Å². The fourth-order valence-corrected chi connectivity index (χ4v) is 6.73. The first-order chi connectivity index (χ1) is 18.5. The van der Waals surface area contributed by atoms with Crippen LogP contribution >= 0.6 is 0 Å². The van der Waals surface area contributed by atoms with E-state index in [0.29, 0.717) is 16.7 Å². The molecule has 1 N–H and O–H groups in total. The Kier molecular flexibility index (Phi) is 7.13. The normalized spacial score (nSPS) is 18.2. The fraction of sp³-hybridized carbons (Fsp3) is 0.286. The largest absolute Gasteiger partial charge is 0.491 e. The van der Waals surface area contributed by atoms with Gasteiger partial charge in [-0.3, -0.25) is 9.48 Å². The van der Waals surface area contributed by atoms with Crippen molar-refractivity contribution in [2.75, 3.05) is 6.54 Å². The molecule has 0 radical (unpaired) electrons. The molecule has 204 valence electrons. The smallest absolute Gasteiger partial charge is 0.309 e. The average molecular weight is 556 g/mol. The van der Waals surface area contributed by atoms with Gasteiger partial charge >= 0.3 is 5.97 Å². The van der Waals surface area contributed by atoms with Crippen molar-refractivity contribution in [3.8, 4) is 5.75 Å². The SMILES string of the molecule is CC(C)Oc1ccc(S(=O)(=O)N2C[C@H](n3nc(CC(=O)O)c4ccc(F)cc43)C[C@@H]2c2ccccc2F)cc1. The molecule has 1 aliphatic heterocycles. The molecule has 1 fully saturated rings. The monoisotopic (exact) mass is 555 g/mol. The molecule has 11 heteroatoms. The molecule has 2 atom stereocenters. The zero-order chi connectivity index (χ0) is 27.9. The molecule has 1 aliphatic rings. The number of sulfonamides is 1. The summed E-state index contributed by atoms with van der Waals surface area (Å²) in [6.07, 6.45) is -0.322. The summed E-state index contributed by atoms with van der Waals surface area (Å²) < 4.78 is 65.4. The molecule has 0 unspecified atom stereocenters. The van der Waals surface area contributed by atoms with Crippen molar-refractivity contribution in [3.05, 3.63) is 89.6 Å². The maximum atomic E-state index is 15.0. The number of carboxylic acid groups (broad SMARTS) is 1. The summed E-state index contributed by atoms with van der Waals surface area (Å²) in [5, 5.41) is 14.3. The lowest BCUT2D eigenvalue weighted by Crippen LogP contribution is -2.32. The molecule has 39 heavy (non-hydrogen) atoms. The molecule has 3 aromatic carbocycles. The van der Waals surface area contributed by atoms with Crippen molar-refractivity contribution in [1.29, 1.82) is 0 Å². The van der Waals surface area contributed by atoms with Gasteiger partial charge in [-0.1, -0.05) is 18.2 Å². The Morgan fingerprint density at radius 2 is 1.82 bits per heavy atom. The molecule has 4 aromatic rings. The van der Waals surface area contributed by atoms with E-state index < -0.39 is 39.7 Å². The van der Waals surface area contributed by atoms with Gasteiger partial charge in [-0.25, -0.2) is 17.2 Å². The number of nitrogens with zero attached hydrogens (tertiary/aromatic N) is 3. The molecule has 8 nitrogen and oxygen atoms in total. The van der Waals surface area contributed by atoms with Crippen molar-refractivity contribution in [2.45, 2.75) is 49.8 Å². The van der Waals surface area contributed by atoms with Gasteiger partial charge in [0.1, 0.15) is 17.4 Å². The number of aliphatic carboxylic acids is 1. The van der Waals surface area contributed by atoms with E-state index in [4.69, 9.17) is 4.74 Å². The standard InChI is InChI=1S/C28H27F2N3O5S/c1-17(2)38-20-8-10-21(11-9-20)39(36,37)32-16-19(14-26(32)22-5-3-4-6-24(22)30)33-27-13-18(29)7-12-23(27)25(31-33)15-28(34)35/h3-13,17,19,26H,14-16H2,1-2H3,(H,34,35)/t19-,26-/m1/s1. The lowest BCUT2D eigenvalue weighted by atomic mass is 10.0. The van der Waals surface area contributed by atoms with Crippen LogP contribution in [0.25, 0.3) is 10.9 Å². The van der Waals surface area contributed by atoms with Crippen LogP contribution in [-0.2, 0) is 21.2 Å². The number of hydrogen-bond acceptors (Lipinski definition) is 5. The minimum absolute atomic E-state index is 0.0172. The Labute approximate surface area is 224 Å². The minimum Gasteiger partial charge on any atom is -0.491 e. The number of carbonyl (C=O) groups is 1. The van der Waals surface area contributed by atoms with Gasteiger partial charge in [0, 0.05) is 17.5 Å². The molecule has 0 aliphatic carbocycles. The molecule has 2 heterocycles. The van der Waals surface area contributed by atoms with Crippen LogP contribution in [0.1, 0.15) is 43.6 Å². The van der Waals surface area contributed by atoms with E-state index in [9.17, 15) is 27.1 Å². The summed E-state index contributed by atoms with van der Waals surface area (Å²) in [6, 6.07) is 14.5. The predicted octanol–water partition coefficient (Wildman–Crippen LogP) is 5.11. The minimum atomic E-state index is -4.11. The molecule has 0 spiro atoms. The molecule has 0 saturated carbocycles. The van der Waals surface area contributed by atoms with Crippen LogP contribution in [0.3, 0.4) is 0 Å². The molecule has 1 aromatic heterocycles. The number of fused-ring (bicyclic) bond motifs is 1. The Bertz CT molecular complexity index is 1640. The van der Waals surface area contributed by atoms with E-state index >= 15 is 0 Å². The number of benzene rings is 3. The van der Waals surface area contributed by atoms with Gasteiger partial charge in [-0.05, 0) is 68.8 Å². The Balaban J connectivity index is 1.58. The summed E-state index contributed by atoms with van der Waals surface area (Å²) in [4.78, 5) is 11.5. The van der Waals surface area contributed by atoms with Crippen molar-refractivity contribution in [1.82, 2.24) is 14.1 Å². The first kappa shape index (κ1) is 26.8. The molecule has 0 bridgehead atoms. The van der Waals surface area contributed by atoms with Gasteiger partial charge in [-0.15, -0.1) is 0 Å². The molecular weight excluding hydrogens is 528 g/mol. The van der Waals surface area contributed by atoms with E-state index in [2.05, 4.69) is 5.10 Å². The molecular formula is C28H27F2N3O5S. The highest BCUT2D eigenvalue weighted by atomic mass is 32.2. The quantitative estimate of drug-likeness (QED) is 0.324. The van der Waals surface area contributed by atoms with Crippen LogP contribution in [0.2, 0.25) is 0 Å². The second kappa shape index (κ2) is 10.4. The highest BCUT2D eigenvalue weighted by molar-refractivity contribution is 7.89. The van der Waals surface area contributed by atoms with Crippen LogP contribution in [0.4, 0.5) is 8.78 Å². The van der Waals surface area contributed by atoms with Gasteiger partial charge < -0.3 is 9.84 Å². The van der Waals surface area contributed by atoms with Crippen molar-refractivity contribution in [3.63, 3.8) is 0 Å². The first-order valence-electron chi connectivity index (χ1n) is 12.5. The number of ether oxygens (including phenoxy) is 1. The highest BCUT2D eigenvalue weighted by Crippen LogP contribution is 2.43. The number of carboxylic acids is 1. The van der Waals surface area contributed by atoms with Crippen molar-refractivity contribution in [2.24, 2.45) is 0 Å². The molecule has 0 amide bonds. The van der Waals surface area contributed by atoms with Gasteiger partial charge in [0.15, 0.2) is 0 Å². The average Bonchev–Trinajstić information content (AvgIpc) is 3.46. The second-order valence-corrected chi connectivity index (χ2v) is 11.7. The topological polar surface area (TPSA) is 102 Å². The van der Waals surface area contributed by atoms with E-state index in [0.717, 1.165) is 0 Å². The summed E-state index contributed by atoms with van der Waals surface area (Å²) in [7, 11) is -4.11. The van der Waals surface area contributed by atoms with Crippen LogP contribution < -0.4 is 4.74 Å². The third-order valence-corrected chi connectivity index (χ3v) is 8.60. The predicted molar refractivity (Wildman–Crippen MR) is 140 cm³/mol. The first-order valence-corrected chi connectivity index (χ1v) is 13.9. The zero-order valence-corrected chi connectivity index (χ0v) is 22.1. The molecule has 5 rings (SSSR count). The van der Waals surface area contributed by atoms with Crippen LogP contribution in [-0.4, -0.2) is 46.2 Å². The summed E-state index contributed by atoms with van der Waals surface area (Å²) >= 11 is 0. The highest BCUT2D eigenvalue weighted by Gasteiger charge is 2.43. The fourth-order valence-electron chi connectivity index (χ4n) is 5.08. The summed E-state index contributed by atoms with van der Waals surface area (Å²) in [6.45, 7) is 3.65.